The third-order valence-electron chi connectivity index (χ3n) is 21.7. The number of nitrogens with one attached hydrogen (secondary N) is 10. The van der Waals surface area contributed by atoms with Crippen LogP contribution in [0.15, 0.2) is 115 Å². The summed E-state index contributed by atoms with van der Waals surface area (Å²) in [5, 5.41) is 35.8. The van der Waals surface area contributed by atoms with E-state index in [0.717, 1.165) is 0 Å². The molecule has 147 heavy (non-hydrogen) atoms. The Morgan fingerprint density at radius 1 is 0.388 bits per heavy atom. The zero-order chi connectivity index (χ0) is 105. The van der Waals surface area contributed by atoms with Gasteiger partial charge >= 0.3 is 0 Å². The SMILES string of the molecule is COCCOCCOCCOCCOCCOCCOc1cc(NC(=O)c2cc3c(-c4cc(C(C)(C)O)ccc4Oc4c(C)cc(F)cc4C)cn(C)c(=O)c3[nH]2)ccc1OCCOCCOCCOCCOCCOCCOCCOCCOCCNC(=O)CCNC(=O)c1nc(NC(=O)CCNC(=O)c2cc(NC(=O)c3nc(NC(=O)CCNC(=O)c4cc(NC(=O)c5nccn5C)cn4C)cn3C)cn2C)cn1C. The first-order chi connectivity index (χ1) is 70.9. The number of amides is 9. The molecule has 800 valence electrons. The van der Waals surface area contributed by atoms with Crippen molar-refractivity contribution < 1.29 is 133 Å². The fraction of sp³-hybridized carbons (Fsp3) is 0.485. The third-order valence-corrected chi connectivity index (χ3v) is 21.7. The molecule has 0 saturated heterocycles. The molecule has 9 amide bonds. The maximum absolute atomic E-state index is 14.4. The van der Waals surface area contributed by atoms with Gasteiger partial charge in [0, 0.05) is 166 Å². The summed E-state index contributed by atoms with van der Waals surface area (Å²) in [6.07, 6.45) is 10.4. The number of carbonyl (C=O) groups is 9. The number of carbonyl (C=O) groups excluding carboxylic acids is 9. The Morgan fingerprint density at radius 3 is 1.26 bits per heavy atom. The van der Waals surface area contributed by atoms with Gasteiger partial charge < -0.3 is 166 Å². The second-order valence-electron chi connectivity index (χ2n) is 33.7. The molecular weight excluding hydrogens is 1920 g/mol. The third kappa shape index (κ3) is 38.6. The summed E-state index contributed by atoms with van der Waals surface area (Å²) in [6.45, 7) is 16.9. The zero-order valence-corrected chi connectivity index (χ0v) is 84.7. The molecule has 0 bridgehead atoms. The summed E-state index contributed by atoms with van der Waals surface area (Å²) >= 11 is 0. The summed E-state index contributed by atoms with van der Waals surface area (Å²) in [4.78, 5) is 147. The fourth-order valence-electron chi connectivity index (χ4n) is 14.3. The topological polar surface area (TPSA) is 540 Å². The first-order valence-electron chi connectivity index (χ1n) is 47.9. The molecule has 48 heteroatoms. The van der Waals surface area contributed by atoms with Crippen molar-refractivity contribution in [2.75, 3.05) is 251 Å². The Balaban J connectivity index is 0.512. The molecule has 47 nitrogen and oxygen atoms in total. The van der Waals surface area contributed by atoms with Crippen LogP contribution in [0.4, 0.5) is 33.1 Å². The van der Waals surface area contributed by atoms with Gasteiger partial charge in [0.25, 0.3) is 41.0 Å². The number of anilines is 5. The lowest BCUT2D eigenvalue weighted by Gasteiger charge is -2.22. The van der Waals surface area contributed by atoms with E-state index in [2.05, 4.69) is 67.8 Å². The molecule has 0 aliphatic heterocycles. The van der Waals surface area contributed by atoms with Crippen LogP contribution < -0.4 is 67.6 Å². The Bertz CT molecular complexity index is 5970. The van der Waals surface area contributed by atoms with Gasteiger partial charge in [-0.25, -0.2) is 19.3 Å². The van der Waals surface area contributed by atoms with Gasteiger partial charge in [0.15, 0.2) is 29.0 Å². The van der Waals surface area contributed by atoms with E-state index in [9.17, 15) is 57.4 Å². The van der Waals surface area contributed by atoms with E-state index in [1.54, 1.807) is 143 Å². The van der Waals surface area contributed by atoms with Gasteiger partial charge in [-0.2, -0.15) is 0 Å². The van der Waals surface area contributed by atoms with Gasteiger partial charge in [-0.15, -0.1) is 0 Å². The number of H-pyrrole nitrogens is 1. The van der Waals surface area contributed by atoms with Crippen molar-refractivity contribution in [1.82, 2.24) is 68.6 Å². The lowest BCUT2D eigenvalue weighted by Crippen LogP contribution is -2.33. The van der Waals surface area contributed by atoms with Crippen LogP contribution >= 0.6 is 0 Å². The van der Waals surface area contributed by atoms with Crippen LogP contribution in [0.2, 0.25) is 0 Å². The fourth-order valence-corrected chi connectivity index (χ4v) is 14.3. The molecule has 0 saturated carbocycles. The number of rotatable bonds is 71. The number of fused-ring (bicyclic) bond motifs is 1. The minimum absolute atomic E-state index is 0.00370. The van der Waals surface area contributed by atoms with Crippen LogP contribution in [-0.4, -0.2) is 330 Å². The zero-order valence-electron chi connectivity index (χ0n) is 84.7. The maximum atomic E-state index is 14.4. The number of aliphatic hydroxyl groups is 1. The monoisotopic (exact) mass is 2060 g/mol. The summed E-state index contributed by atoms with van der Waals surface area (Å²) in [5.74, 6) is -3.24. The van der Waals surface area contributed by atoms with E-state index in [4.69, 9.17) is 80.5 Å². The van der Waals surface area contributed by atoms with Gasteiger partial charge in [-0.1, -0.05) is 6.07 Å². The highest BCUT2D eigenvalue weighted by atomic mass is 19.1. The predicted octanol–water partition coefficient (Wildman–Crippen LogP) is 6.02. The highest BCUT2D eigenvalue weighted by Gasteiger charge is 2.28. The van der Waals surface area contributed by atoms with Gasteiger partial charge in [0.2, 0.25) is 29.4 Å². The van der Waals surface area contributed by atoms with Gasteiger partial charge in [0.1, 0.15) is 53.1 Å². The average molecular weight is 2060 g/mol. The molecule has 11 N–H and O–H groups in total. The summed E-state index contributed by atoms with van der Waals surface area (Å²) in [5.41, 5.74) is 2.64. The number of hydrogen-bond donors (Lipinski definition) is 11. The molecule has 0 atom stereocenters. The van der Waals surface area contributed by atoms with E-state index < -0.39 is 64.2 Å². The molecule has 0 radical (unpaired) electrons. The molecule has 0 fully saturated rings. The molecule has 0 unspecified atom stereocenters. The number of ether oxygens (including phenoxy) is 17. The maximum Gasteiger partial charge on any atom is 0.291 e. The number of imidazole rings is 3. The van der Waals surface area contributed by atoms with Gasteiger partial charge in [0.05, 0.1) is 195 Å². The van der Waals surface area contributed by atoms with Crippen LogP contribution in [0.5, 0.6) is 23.0 Å². The number of aromatic amines is 1. The Labute approximate surface area is 848 Å². The Hall–Kier alpha value is -13.7. The van der Waals surface area contributed by atoms with Crippen molar-refractivity contribution >= 4 is 92.8 Å². The summed E-state index contributed by atoms with van der Waals surface area (Å²) < 4.78 is 120. The van der Waals surface area contributed by atoms with Crippen molar-refractivity contribution in [1.29, 1.82) is 0 Å². The van der Waals surface area contributed by atoms with Gasteiger partial charge in [-0.3, -0.25) is 47.9 Å². The highest BCUT2D eigenvalue weighted by molar-refractivity contribution is 6.09. The number of methoxy groups -OCH3 is 1. The summed E-state index contributed by atoms with van der Waals surface area (Å²) in [6, 6.07) is 17.4. The molecule has 0 spiro atoms. The molecule has 10 aromatic rings. The van der Waals surface area contributed by atoms with Crippen molar-refractivity contribution in [2.24, 2.45) is 42.3 Å². The molecule has 7 heterocycles. The lowest BCUT2D eigenvalue weighted by molar-refractivity contribution is -0.121. The number of benzene rings is 3. The molecular formula is C99H134FN19O28. The molecule has 10 rings (SSSR count). The normalized spacial score (nSPS) is 11.4. The number of aryl methyl sites for hydroxylation is 8. The van der Waals surface area contributed by atoms with Crippen LogP contribution in [0.25, 0.3) is 22.0 Å². The standard InChI is InChI=1S/C99H134FN19O28/c1-66-54-69(100)55-67(2)88(66)147-79-14-12-68(99(3,4)130)56-73(79)75-63-119(10)98(129)87-74(75)60-76(109-87)92(123)106-70-13-15-80(81(59-70)146-53-51-144-49-47-142-45-43-137-35-34-135-31-30-133-27-26-131-11)145-52-50-143-48-46-141-44-42-140-41-40-139-39-38-138-37-36-136-33-32-134-29-28-132-25-23-101-84(120)16-19-105-95(126)90-112-82(64-117(90)8)110-85(121)17-20-104-94(125)78-58-72(62-116(78)7)108-97(128)91-113-83(65-118(91)9)111-86(122)18-21-103-93(124)77-57-71(61-115(77)6)107-96(127)89-102-22-24-114(89)5/h12-15,22,24,54-65,109,130H,16-21,23,25-53H2,1-11H3,(H,101,120)(H,103,124)(H,104,125)(H,105,126)(H,106,123)(H,107,127)(H,108,128)(H,110,121)(H,111,122). The van der Waals surface area contributed by atoms with E-state index >= 15 is 0 Å². The van der Waals surface area contributed by atoms with Crippen LogP contribution in [0.3, 0.4) is 0 Å². The van der Waals surface area contributed by atoms with E-state index in [1.807, 2.05) is 0 Å². The molecule has 3 aromatic carbocycles. The number of pyridine rings is 1. The Morgan fingerprint density at radius 2 is 0.803 bits per heavy atom. The van der Waals surface area contributed by atoms with Gasteiger partial charge in [-0.05, 0) is 99.0 Å². The number of halogens is 1. The Kier molecular flexibility index (Phi) is 47.8. The average Bonchev–Trinajstić information content (AvgIpc) is 1.65. The number of aromatic nitrogens is 10. The quantitative estimate of drug-likeness (QED) is 0.0194. The van der Waals surface area contributed by atoms with E-state index in [0.29, 0.717) is 226 Å². The van der Waals surface area contributed by atoms with Crippen LogP contribution in [0.1, 0.15) is 113 Å². The van der Waals surface area contributed by atoms with Crippen molar-refractivity contribution in [2.45, 2.75) is 52.6 Å². The molecule has 7 aromatic heterocycles. The second kappa shape index (κ2) is 61.0. The minimum Gasteiger partial charge on any atom is -0.487 e. The minimum atomic E-state index is -1.27. The summed E-state index contributed by atoms with van der Waals surface area (Å²) in [7, 11) is 11.2. The smallest absolute Gasteiger partial charge is 0.291 e. The van der Waals surface area contributed by atoms with Crippen LogP contribution in [0, 0.1) is 19.7 Å². The van der Waals surface area contributed by atoms with Crippen molar-refractivity contribution in [3.63, 3.8) is 0 Å². The largest absolute Gasteiger partial charge is 0.487 e. The van der Waals surface area contributed by atoms with E-state index in [1.165, 1.54) is 71.9 Å². The van der Waals surface area contributed by atoms with Crippen molar-refractivity contribution in [3.8, 4) is 34.1 Å². The highest BCUT2D eigenvalue weighted by Crippen LogP contribution is 2.42. The van der Waals surface area contributed by atoms with Crippen molar-refractivity contribution in [3.05, 3.63) is 178 Å². The van der Waals surface area contributed by atoms with E-state index in [-0.39, 0.29) is 142 Å². The molecule has 0 aliphatic carbocycles. The first-order valence-corrected chi connectivity index (χ1v) is 47.9. The second-order valence-corrected chi connectivity index (χ2v) is 33.7. The molecule has 0 aliphatic rings. The predicted molar refractivity (Wildman–Crippen MR) is 536 cm³/mol. The van der Waals surface area contributed by atoms with Crippen LogP contribution in [-0.2, 0) is 129 Å². The first kappa shape index (κ1) is 115. The number of hydrogen-bond acceptors (Lipinski definition) is 31. The number of nitrogens with zero attached hydrogens (tertiary/aromatic N) is 9. The lowest BCUT2D eigenvalue weighted by atomic mass is 9.93.